The van der Waals surface area contributed by atoms with E-state index in [1.165, 1.54) is 25.7 Å². The van der Waals surface area contributed by atoms with Crippen LogP contribution < -0.4 is 5.32 Å². The molecule has 55 heavy (non-hydrogen) atoms. The van der Waals surface area contributed by atoms with Gasteiger partial charge in [0.05, 0.1) is 31.3 Å². The van der Waals surface area contributed by atoms with Crippen LogP contribution in [0, 0.1) is 131 Å². The molecule has 3 atom stereocenters. The molecule has 0 saturated carbocycles. The third-order valence-electron chi connectivity index (χ3n) is 9.17. The minimum Gasteiger partial charge on any atom is -0.411 e. The third-order valence-corrected chi connectivity index (χ3v) is 18.2. The van der Waals surface area contributed by atoms with Crippen LogP contribution >= 0.6 is 0 Å². The molecule has 0 rings (SSSR count). The number of rotatable bonds is 16. The van der Waals surface area contributed by atoms with Crippen LogP contribution in [0.3, 0.4) is 0 Å². The Morgan fingerprint density at radius 3 is 1.40 bits per heavy atom. The smallest absolute Gasteiger partial charge is 0.232 e. The summed E-state index contributed by atoms with van der Waals surface area (Å²) < 4.78 is 14.2. The summed E-state index contributed by atoms with van der Waals surface area (Å²) in [7, 11) is -4.58. The average Bonchev–Trinajstić information content (AvgIpc) is 3.10. The van der Waals surface area contributed by atoms with Crippen LogP contribution in [0.5, 0.6) is 0 Å². The Balaban J connectivity index is 5.81. The zero-order valence-electron chi connectivity index (χ0n) is 34.8. The van der Waals surface area contributed by atoms with Crippen molar-refractivity contribution in [2.75, 3.05) is 6.61 Å². The maximum atomic E-state index is 13.2. The van der Waals surface area contributed by atoms with Gasteiger partial charge in [0.2, 0.25) is 5.91 Å². The fourth-order valence-corrected chi connectivity index (χ4v) is 6.84. The Hall–Kier alpha value is -5.06. The Labute approximate surface area is 337 Å². The highest BCUT2D eigenvalue weighted by molar-refractivity contribution is 6.74. The first-order valence-corrected chi connectivity index (χ1v) is 24.4. The SMILES string of the molecule is C#CC#CC#CC#CC#CC#CC#CC#CC#CC#CC#CCC(=O)N[C@@H](CO)[C@H](O[Si](C)(C)C(C)(C)C)[C@@H](CCCCCCCC)O[Si](C)(C)C(C)(C)C. The van der Waals surface area contributed by atoms with Gasteiger partial charge in [-0.05, 0) is 137 Å². The van der Waals surface area contributed by atoms with Crippen molar-refractivity contribution in [3.63, 3.8) is 0 Å². The van der Waals surface area contributed by atoms with Crippen molar-refractivity contribution in [2.24, 2.45) is 0 Å². The topological polar surface area (TPSA) is 67.8 Å². The summed E-state index contributed by atoms with van der Waals surface area (Å²) >= 11 is 0. The van der Waals surface area contributed by atoms with Gasteiger partial charge in [-0.3, -0.25) is 4.79 Å². The largest absolute Gasteiger partial charge is 0.411 e. The third kappa shape index (κ3) is 23.4. The first kappa shape index (κ1) is 49.9. The summed E-state index contributed by atoms with van der Waals surface area (Å²) in [6, 6.07) is -0.665. The number of nitrogens with one attached hydrogen (secondary N) is 1. The van der Waals surface area contributed by atoms with Crippen LogP contribution in [-0.4, -0.2) is 52.5 Å². The molecule has 0 unspecified atom stereocenters. The summed E-state index contributed by atoms with van der Waals surface area (Å²) in [5.74, 6) is 52.5. The van der Waals surface area contributed by atoms with Gasteiger partial charge in [0.1, 0.15) is 0 Å². The van der Waals surface area contributed by atoms with Gasteiger partial charge in [-0.2, -0.15) is 0 Å². The molecule has 5 nitrogen and oxygen atoms in total. The zero-order chi connectivity index (χ0) is 41.6. The molecule has 1 amide bonds. The van der Waals surface area contributed by atoms with E-state index in [0.717, 1.165) is 19.3 Å². The summed E-state index contributed by atoms with van der Waals surface area (Å²) in [6.07, 6.45) is 11.8. The van der Waals surface area contributed by atoms with Crippen molar-refractivity contribution in [3.05, 3.63) is 0 Å². The van der Waals surface area contributed by atoms with Crippen LogP contribution in [0.1, 0.15) is 99.8 Å². The fraction of sp³-hybridized carbons (Fsp3) is 0.521. The molecule has 0 bridgehead atoms. The van der Waals surface area contributed by atoms with Gasteiger partial charge in [0.15, 0.2) is 16.6 Å². The molecule has 0 aliphatic heterocycles. The van der Waals surface area contributed by atoms with Crippen molar-refractivity contribution in [3.8, 4) is 131 Å². The van der Waals surface area contributed by atoms with Crippen LogP contribution in [0.25, 0.3) is 0 Å². The Bertz CT molecular complexity index is 1970. The summed E-state index contributed by atoms with van der Waals surface area (Å²) in [5, 5.41) is 13.6. The number of amides is 1. The molecule has 0 fully saturated rings. The predicted octanol–water partition coefficient (Wildman–Crippen LogP) is 7.05. The van der Waals surface area contributed by atoms with Crippen molar-refractivity contribution in [2.45, 2.75) is 154 Å². The molecule has 0 saturated heterocycles. The van der Waals surface area contributed by atoms with Gasteiger partial charge in [-0.15, -0.1) is 6.42 Å². The number of carbonyl (C=O) groups is 1. The molecule has 0 aromatic carbocycles. The number of hydrogen-bond acceptors (Lipinski definition) is 4. The highest BCUT2D eigenvalue weighted by Crippen LogP contribution is 2.41. The second-order valence-corrected chi connectivity index (χ2v) is 25.1. The van der Waals surface area contributed by atoms with Crippen molar-refractivity contribution >= 4 is 22.5 Å². The molecule has 0 radical (unpaired) electrons. The van der Waals surface area contributed by atoms with E-state index in [1.807, 2.05) is 0 Å². The summed E-state index contributed by atoms with van der Waals surface area (Å²) in [6.45, 7) is 24.1. The minimum atomic E-state index is -2.34. The number of hydrogen-bond donors (Lipinski definition) is 2. The highest BCUT2D eigenvalue weighted by atomic mass is 28.4. The van der Waals surface area contributed by atoms with E-state index in [1.54, 1.807) is 0 Å². The summed E-state index contributed by atoms with van der Waals surface area (Å²) in [4.78, 5) is 13.2. The summed E-state index contributed by atoms with van der Waals surface area (Å²) in [5.41, 5.74) is 0. The lowest BCUT2D eigenvalue weighted by Gasteiger charge is -2.47. The number of terminal acetylenes is 1. The number of aliphatic hydroxyl groups excluding tert-OH is 1. The zero-order valence-corrected chi connectivity index (χ0v) is 36.8. The van der Waals surface area contributed by atoms with Gasteiger partial charge in [-0.25, -0.2) is 0 Å². The van der Waals surface area contributed by atoms with Crippen LogP contribution in [0.4, 0.5) is 0 Å². The minimum absolute atomic E-state index is 0.0211. The lowest BCUT2D eigenvalue weighted by atomic mass is 9.99. The van der Waals surface area contributed by atoms with Gasteiger partial charge < -0.3 is 19.3 Å². The van der Waals surface area contributed by atoms with E-state index < -0.39 is 28.8 Å². The molecule has 0 heterocycles. The molecule has 7 heteroatoms. The monoisotopic (exact) mass is 767 g/mol. The van der Waals surface area contributed by atoms with Crippen molar-refractivity contribution in [1.82, 2.24) is 5.32 Å². The number of unbranched alkanes of at least 4 members (excludes halogenated alkanes) is 5. The Kier molecular flexibility index (Phi) is 25.0. The van der Waals surface area contributed by atoms with E-state index in [0.29, 0.717) is 0 Å². The van der Waals surface area contributed by atoms with Gasteiger partial charge >= 0.3 is 0 Å². The van der Waals surface area contributed by atoms with Crippen LogP contribution in [0.2, 0.25) is 36.3 Å². The molecule has 0 aromatic rings. The van der Waals surface area contributed by atoms with E-state index in [-0.39, 0.29) is 35.1 Å². The van der Waals surface area contributed by atoms with Gasteiger partial charge in [-0.1, -0.05) is 92.9 Å². The molecule has 0 aromatic heterocycles. The molecule has 0 spiro atoms. The lowest BCUT2D eigenvalue weighted by molar-refractivity contribution is -0.122. The van der Waals surface area contributed by atoms with Gasteiger partial charge in [0, 0.05) is 23.7 Å². The first-order chi connectivity index (χ1) is 25.9. The molecule has 286 valence electrons. The quantitative estimate of drug-likeness (QED) is 0.100. The number of carbonyl (C=O) groups excluding carboxylic acids is 1. The van der Waals surface area contributed by atoms with E-state index in [4.69, 9.17) is 15.3 Å². The average molecular weight is 768 g/mol. The molecular formula is C48H57NO4Si2. The van der Waals surface area contributed by atoms with Crippen molar-refractivity contribution < 1.29 is 18.8 Å². The highest BCUT2D eigenvalue weighted by Gasteiger charge is 2.46. The second-order valence-electron chi connectivity index (χ2n) is 15.5. The van der Waals surface area contributed by atoms with E-state index >= 15 is 0 Å². The lowest BCUT2D eigenvalue weighted by Crippen LogP contribution is -2.59. The van der Waals surface area contributed by atoms with Crippen LogP contribution in [-0.2, 0) is 13.6 Å². The molecule has 0 aliphatic carbocycles. The van der Waals surface area contributed by atoms with Crippen molar-refractivity contribution in [1.29, 1.82) is 0 Å². The Morgan fingerprint density at radius 1 is 0.618 bits per heavy atom. The second kappa shape index (κ2) is 27.5. The van der Waals surface area contributed by atoms with Crippen LogP contribution in [0.15, 0.2) is 0 Å². The normalized spacial score (nSPS) is 11.5. The maximum absolute atomic E-state index is 13.2. The van der Waals surface area contributed by atoms with E-state index in [9.17, 15) is 9.90 Å². The first-order valence-electron chi connectivity index (χ1n) is 18.6. The Morgan fingerprint density at radius 2 is 1.00 bits per heavy atom. The molecule has 0 aliphatic rings. The van der Waals surface area contributed by atoms with E-state index in [2.05, 4.69) is 204 Å². The fourth-order valence-electron chi connectivity index (χ4n) is 4.13. The number of aliphatic hydroxyl groups is 1. The van der Waals surface area contributed by atoms with Gasteiger partial charge in [0.25, 0.3) is 0 Å². The standard InChI is InChI=1S/C48H57NO4Si2/c1-13-15-17-19-21-22-23-24-25-26-27-28-29-30-31-32-33-34-35-37-39-41-45(51)49-43(42-50)46(53-55(11,12)48(6,7)8)44(40-38-36-20-18-16-14-2)52-54(9,10)47(3,4)5/h1,43-44,46,50H,14,16,18,20,36,38,40-42H2,2-12H3,(H,49,51)/t43-,44+,46-/m0/s1. The maximum Gasteiger partial charge on any atom is 0.232 e. The molecular weight excluding hydrogens is 711 g/mol. The predicted molar refractivity (Wildman–Crippen MR) is 232 cm³/mol. The molecule has 2 N–H and O–H groups in total.